The summed E-state index contributed by atoms with van der Waals surface area (Å²) in [6.45, 7) is 0. The van der Waals surface area contributed by atoms with Crippen LogP contribution in [0, 0.1) is 5.82 Å². The van der Waals surface area contributed by atoms with Crippen LogP contribution in [0.5, 0.6) is 0 Å². The molecular weight excluding hydrogens is 203 g/mol. The molecule has 2 nitrogen and oxygen atoms in total. The number of pyridine rings is 1. The Hall–Kier alpha value is -2.16. The number of imidazole rings is 1. The molecule has 0 saturated heterocycles. The van der Waals surface area contributed by atoms with E-state index in [0.717, 1.165) is 16.6 Å². The van der Waals surface area contributed by atoms with Gasteiger partial charge in [0.25, 0.3) is 0 Å². The van der Waals surface area contributed by atoms with Crippen LogP contribution in [0.2, 0.25) is 0 Å². The summed E-state index contributed by atoms with van der Waals surface area (Å²) in [5.74, 6) is -0.223. The molecule has 3 heteroatoms. The van der Waals surface area contributed by atoms with Gasteiger partial charge in [-0.1, -0.05) is 18.2 Å². The number of hydrogen-bond acceptors (Lipinski definition) is 1. The monoisotopic (exact) mass is 212 g/mol. The van der Waals surface area contributed by atoms with Gasteiger partial charge in [-0.15, -0.1) is 0 Å². The Balaban J connectivity index is 2.29. The molecule has 3 rings (SSSR count). The first kappa shape index (κ1) is 9.09. The van der Waals surface area contributed by atoms with E-state index in [4.69, 9.17) is 0 Å². The third kappa shape index (κ3) is 1.37. The number of benzene rings is 1. The summed E-state index contributed by atoms with van der Waals surface area (Å²) < 4.78 is 15.1. The minimum atomic E-state index is -0.223. The maximum Gasteiger partial charge on any atom is 0.123 e. The number of rotatable bonds is 1. The molecular formula is C13H9FN2. The van der Waals surface area contributed by atoms with E-state index < -0.39 is 0 Å². The average molecular weight is 212 g/mol. The molecule has 78 valence electrons. The average Bonchev–Trinajstić information content (AvgIpc) is 2.76. The van der Waals surface area contributed by atoms with Gasteiger partial charge in [-0.3, -0.25) is 0 Å². The van der Waals surface area contributed by atoms with Crippen molar-refractivity contribution in [3.05, 3.63) is 60.9 Å². The zero-order valence-electron chi connectivity index (χ0n) is 8.47. The lowest BCUT2D eigenvalue weighted by Gasteiger charge is -2.04. The van der Waals surface area contributed by atoms with E-state index in [1.165, 1.54) is 12.1 Å². The molecule has 1 aromatic carbocycles. The second-order valence-electron chi connectivity index (χ2n) is 3.62. The summed E-state index contributed by atoms with van der Waals surface area (Å²) in [5.41, 5.74) is 2.83. The lowest BCUT2D eigenvalue weighted by molar-refractivity contribution is 0.628. The fourth-order valence-corrected chi connectivity index (χ4v) is 1.85. The van der Waals surface area contributed by atoms with Crippen molar-refractivity contribution < 1.29 is 4.39 Å². The Bertz CT molecular complexity index is 643. The van der Waals surface area contributed by atoms with E-state index in [2.05, 4.69) is 4.98 Å². The van der Waals surface area contributed by atoms with E-state index in [1.807, 2.05) is 28.8 Å². The summed E-state index contributed by atoms with van der Waals surface area (Å²) in [6.07, 6.45) is 5.43. The van der Waals surface area contributed by atoms with Crippen LogP contribution in [0.3, 0.4) is 0 Å². The number of fused-ring (bicyclic) bond motifs is 1. The Morgan fingerprint density at radius 1 is 1.12 bits per heavy atom. The Morgan fingerprint density at radius 3 is 2.94 bits per heavy atom. The summed E-state index contributed by atoms with van der Waals surface area (Å²) in [6, 6.07) is 10.5. The Labute approximate surface area is 92.0 Å². The summed E-state index contributed by atoms with van der Waals surface area (Å²) >= 11 is 0. The maximum atomic E-state index is 13.2. The minimum absolute atomic E-state index is 0.223. The molecule has 0 aliphatic heterocycles. The molecule has 2 aromatic heterocycles. The lowest BCUT2D eigenvalue weighted by Crippen LogP contribution is -1.86. The summed E-state index contributed by atoms with van der Waals surface area (Å²) in [7, 11) is 0. The molecule has 2 heterocycles. The Kier molecular flexibility index (Phi) is 1.96. The van der Waals surface area contributed by atoms with Crippen molar-refractivity contribution in [1.29, 1.82) is 0 Å². The van der Waals surface area contributed by atoms with Gasteiger partial charge in [0.1, 0.15) is 5.82 Å². The molecule has 0 radical (unpaired) electrons. The molecule has 0 saturated carbocycles. The van der Waals surface area contributed by atoms with Gasteiger partial charge < -0.3 is 4.40 Å². The summed E-state index contributed by atoms with van der Waals surface area (Å²) in [4.78, 5) is 4.08. The topological polar surface area (TPSA) is 17.3 Å². The molecule has 0 atom stereocenters. The van der Waals surface area contributed by atoms with Crippen LogP contribution in [0.15, 0.2) is 55.1 Å². The van der Waals surface area contributed by atoms with Gasteiger partial charge in [0.2, 0.25) is 0 Å². The first-order valence-corrected chi connectivity index (χ1v) is 5.01. The van der Waals surface area contributed by atoms with E-state index in [9.17, 15) is 4.39 Å². The van der Waals surface area contributed by atoms with Crippen LogP contribution >= 0.6 is 0 Å². The Morgan fingerprint density at radius 2 is 2.06 bits per heavy atom. The van der Waals surface area contributed by atoms with Crippen LogP contribution < -0.4 is 0 Å². The molecule has 0 N–H and O–H groups in total. The zero-order valence-corrected chi connectivity index (χ0v) is 8.47. The number of hydrogen-bond donors (Lipinski definition) is 0. The molecule has 16 heavy (non-hydrogen) atoms. The molecule has 3 aromatic rings. The van der Waals surface area contributed by atoms with Crippen LogP contribution in [0.25, 0.3) is 16.6 Å². The van der Waals surface area contributed by atoms with Gasteiger partial charge >= 0.3 is 0 Å². The van der Waals surface area contributed by atoms with Gasteiger partial charge in [-0.2, -0.15) is 0 Å². The van der Waals surface area contributed by atoms with Crippen molar-refractivity contribution in [2.24, 2.45) is 0 Å². The van der Waals surface area contributed by atoms with Crippen LogP contribution in [0.1, 0.15) is 0 Å². The molecule has 0 unspecified atom stereocenters. The van der Waals surface area contributed by atoms with Crippen molar-refractivity contribution in [3.63, 3.8) is 0 Å². The third-order valence-corrected chi connectivity index (χ3v) is 2.59. The second-order valence-corrected chi connectivity index (χ2v) is 3.62. The van der Waals surface area contributed by atoms with Crippen LogP contribution in [-0.4, -0.2) is 9.38 Å². The van der Waals surface area contributed by atoms with E-state index in [1.54, 1.807) is 18.6 Å². The van der Waals surface area contributed by atoms with E-state index in [-0.39, 0.29) is 5.82 Å². The molecule has 0 bridgehead atoms. The van der Waals surface area contributed by atoms with Crippen molar-refractivity contribution in [1.82, 2.24) is 9.38 Å². The molecule has 0 spiro atoms. The van der Waals surface area contributed by atoms with Gasteiger partial charge in [0, 0.05) is 11.8 Å². The highest BCUT2D eigenvalue weighted by molar-refractivity contribution is 5.79. The first-order valence-electron chi connectivity index (χ1n) is 5.01. The van der Waals surface area contributed by atoms with E-state index in [0.29, 0.717) is 0 Å². The highest BCUT2D eigenvalue weighted by Crippen LogP contribution is 2.24. The highest BCUT2D eigenvalue weighted by Gasteiger charge is 2.04. The van der Waals surface area contributed by atoms with Gasteiger partial charge in [-0.25, -0.2) is 9.37 Å². The molecule has 0 aliphatic rings. The molecule has 0 amide bonds. The van der Waals surface area contributed by atoms with Gasteiger partial charge in [0.15, 0.2) is 0 Å². The first-order chi connectivity index (χ1) is 7.84. The highest BCUT2D eigenvalue weighted by atomic mass is 19.1. The SMILES string of the molecule is Fc1cccc(-c2cccn3cncc23)c1. The fourth-order valence-electron chi connectivity index (χ4n) is 1.85. The zero-order chi connectivity index (χ0) is 11.0. The minimum Gasteiger partial charge on any atom is -0.306 e. The van der Waals surface area contributed by atoms with Crippen LogP contribution in [0.4, 0.5) is 4.39 Å². The van der Waals surface area contributed by atoms with Crippen molar-refractivity contribution in [2.75, 3.05) is 0 Å². The van der Waals surface area contributed by atoms with E-state index >= 15 is 0 Å². The normalized spacial score (nSPS) is 10.8. The van der Waals surface area contributed by atoms with Crippen molar-refractivity contribution >= 4 is 5.52 Å². The summed E-state index contributed by atoms with van der Waals surface area (Å²) in [5, 5.41) is 0. The van der Waals surface area contributed by atoms with Gasteiger partial charge in [-0.05, 0) is 23.8 Å². The van der Waals surface area contributed by atoms with Crippen molar-refractivity contribution in [3.8, 4) is 11.1 Å². The second kappa shape index (κ2) is 3.45. The largest absolute Gasteiger partial charge is 0.306 e. The smallest absolute Gasteiger partial charge is 0.123 e. The standard InChI is InChI=1S/C13H9FN2/c14-11-4-1-3-10(7-11)12-5-2-6-16-9-15-8-13(12)16/h1-9H. The van der Waals surface area contributed by atoms with Crippen molar-refractivity contribution in [2.45, 2.75) is 0 Å². The number of nitrogens with zero attached hydrogens (tertiary/aromatic N) is 2. The number of halogens is 1. The van der Waals surface area contributed by atoms with Crippen LogP contribution in [-0.2, 0) is 0 Å². The predicted octanol–water partition coefficient (Wildman–Crippen LogP) is 3.14. The quantitative estimate of drug-likeness (QED) is 0.605. The predicted molar refractivity (Wildman–Crippen MR) is 60.6 cm³/mol. The maximum absolute atomic E-state index is 13.2. The number of aromatic nitrogens is 2. The lowest BCUT2D eigenvalue weighted by atomic mass is 10.1. The molecule has 0 fully saturated rings. The molecule has 0 aliphatic carbocycles. The van der Waals surface area contributed by atoms with Gasteiger partial charge in [0.05, 0.1) is 18.0 Å². The fraction of sp³-hybridized carbons (Fsp3) is 0. The third-order valence-electron chi connectivity index (χ3n) is 2.59.